The summed E-state index contributed by atoms with van der Waals surface area (Å²) in [6.07, 6.45) is -0.201. The number of rotatable bonds is 9. The SMILES string of the molecule is CCN(CC(=O)O)C(=O)CCNS(=O)(=O)c1ccc([N+](=O)[O-])cc1. The second-order valence-corrected chi connectivity index (χ2v) is 6.47. The Morgan fingerprint density at radius 2 is 1.88 bits per heavy atom. The number of nitrogens with zero attached hydrogens (tertiary/aromatic N) is 2. The number of benzene rings is 1. The van der Waals surface area contributed by atoms with Gasteiger partial charge in [0.25, 0.3) is 5.69 Å². The number of nitrogens with one attached hydrogen (secondary N) is 1. The topological polar surface area (TPSA) is 147 Å². The number of carbonyl (C=O) groups excluding carboxylic acids is 1. The van der Waals surface area contributed by atoms with Gasteiger partial charge in [-0.15, -0.1) is 0 Å². The standard InChI is InChI=1S/C13H17N3O7S/c1-2-15(9-13(18)19)12(17)7-8-14-24(22,23)11-5-3-10(4-6-11)16(20)21/h3-6,14H,2,7-9H2,1H3,(H,18,19). The van der Waals surface area contributed by atoms with Gasteiger partial charge in [-0.2, -0.15) is 0 Å². The van der Waals surface area contributed by atoms with Crippen LogP contribution in [0.2, 0.25) is 0 Å². The van der Waals surface area contributed by atoms with Crippen molar-refractivity contribution in [2.24, 2.45) is 0 Å². The number of hydrogen-bond acceptors (Lipinski definition) is 6. The molecule has 0 spiro atoms. The average Bonchev–Trinajstić information content (AvgIpc) is 2.52. The minimum absolute atomic E-state index is 0.168. The lowest BCUT2D eigenvalue weighted by molar-refractivity contribution is -0.384. The fourth-order valence-electron chi connectivity index (χ4n) is 1.82. The summed E-state index contributed by atoms with van der Waals surface area (Å²) in [5, 5.41) is 19.2. The van der Waals surface area contributed by atoms with E-state index in [2.05, 4.69) is 4.72 Å². The number of carboxylic acid groups (broad SMARTS) is 1. The molecule has 1 rings (SSSR count). The Morgan fingerprint density at radius 1 is 1.29 bits per heavy atom. The Hall–Kier alpha value is -2.53. The number of likely N-dealkylation sites (N-methyl/N-ethyl adjacent to an activating group) is 1. The first-order valence-corrected chi connectivity index (χ1v) is 8.39. The third-order valence-corrected chi connectivity index (χ3v) is 4.53. The number of carboxylic acids is 1. The first-order valence-electron chi connectivity index (χ1n) is 6.91. The predicted molar refractivity (Wildman–Crippen MR) is 82.8 cm³/mol. The van der Waals surface area contributed by atoms with Gasteiger partial charge in [0, 0.05) is 31.6 Å². The summed E-state index contributed by atoms with van der Waals surface area (Å²) in [6.45, 7) is 1.14. The molecular weight excluding hydrogens is 342 g/mol. The third kappa shape index (κ3) is 5.59. The summed E-state index contributed by atoms with van der Waals surface area (Å²) in [6, 6.07) is 4.30. The molecule has 1 aromatic carbocycles. The molecule has 2 N–H and O–H groups in total. The number of hydrogen-bond donors (Lipinski definition) is 2. The zero-order valence-corrected chi connectivity index (χ0v) is 13.7. The largest absolute Gasteiger partial charge is 0.480 e. The van der Waals surface area contributed by atoms with E-state index in [0.29, 0.717) is 0 Å². The predicted octanol–water partition coefficient (Wildman–Crippen LogP) is 0.196. The van der Waals surface area contributed by atoms with Crippen LogP contribution in [-0.2, 0) is 19.6 Å². The smallest absolute Gasteiger partial charge is 0.323 e. The third-order valence-electron chi connectivity index (χ3n) is 3.05. The van der Waals surface area contributed by atoms with E-state index in [1.165, 1.54) is 0 Å². The quantitative estimate of drug-likeness (QED) is 0.472. The first-order chi connectivity index (χ1) is 11.2. The molecular formula is C13H17N3O7S. The molecule has 11 heteroatoms. The van der Waals surface area contributed by atoms with Crippen molar-refractivity contribution >= 4 is 27.6 Å². The van der Waals surface area contributed by atoms with Crippen LogP contribution in [0, 0.1) is 10.1 Å². The van der Waals surface area contributed by atoms with Crippen LogP contribution in [0.5, 0.6) is 0 Å². The number of sulfonamides is 1. The minimum Gasteiger partial charge on any atom is -0.480 e. The number of nitro groups is 1. The molecule has 1 aromatic rings. The number of non-ortho nitro benzene ring substituents is 1. The fourth-order valence-corrected chi connectivity index (χ4v) is 2.85. The molecule has 0 unspecified atom stereocenters. The molecule has 0 bridgehead atoms. The van der Waals surface area contributed by atoms with E-state index in [9.17, 15) is 28.1 Å². The summed E-state index contributed by atoms with van der Waals surface area (Å²) in [5.41, 5.74) is -0.239. The van der Waals surface area contributed by atoms with Crippen LogP contribution in [0.1, 0.15) is 13.3 Å². The maximum absolute atomic E-state index is 12.0. The second-order valence-electron chi connectivity index (χ2n) is 4.70. The highest BCUT2D eigenvalue weighted by Crippen LogP contribution is 2.15. The van der Waals surface area contributed by atoms with Crippen LogP contribution in [0.25, 0.3) is 0 Å². The van der Waals surface area contributed by atoms with Gasteiger partial charge in [-0.3, -0.25) is 19.7 Å². The molecule has 0 atom stereocenters. The van der Waals surface area contributed by atoms with Gasteiger partial charge in [0.2, 0.25) is 15.9 Å². The lowest BCUT2D eigenvalue weighted by atomic mass is 10.3. The van der Waals surface area contributed by atoms with Crippen LogP contribution in [-0.4, -0.2) is 54.9 Å². The number of amides is 1. The highest BCUT2D eigenvalue weighted by molar-refractivity contribution is 7.89. The van der Waals surface area contributed by atoms with Gasteiger partial charge in [0.05, 0.1) is 9.82 Å². The molecule has 0 aliphatic carbocycles. The summed E-state index contributed by atoms with van der Waals surface area (Å²) >= 11 is 0. The van der Waals surface area contributed by atoms with Crippen molar-refractivity contribution in [3.8, 4) is 0 Å². The van der Waals surface area contributed by atoms with Crippen molar-refractivity contribution in [1.29, 1.82) is 0 Å². The normalized spacial score (nSPS) is 11.0. The molecule has 1 amide bonds. The van der Waals surface area contributed by atoms with Crippen LogP contribution in [0.15, 0.2) is 29.2 Å². The van der Waals surface area contributed by atoms with Gasteiger partial charge in [-0.05, 0) is 19.1 Å². The molecule has 10 nitrogen and oxygen atoms in total. The van der Waals surface area contributed by atoms with Crippen molar-refractivity contribution in [1.82, 2.24) is 9.62 Å². The molecule has 0 heterocycles. The molecule has 132 valence electrons. The van der Waals surface area contributed by atoms with Crippen LogP contribution < -0.4 is 4.72 Å². The second kappa shape index (κ2) is 8.36. The highest BCUT2D eigenvalue weighted by Gasteiger charge is 2.18. The molecule has 0 aliphatic rings. The number of nitro benzene ring substituents is 1. The maximum atomic E-state index is 12.0. The maximum Gasteiger partial charge on any atom is 0.323 e. The van der Waals surface area contributed by atoms with E-state index in [0.717, 1.165) is 29.2 Å². The molecule has 0 aromatic heterocycles. The summed E-state index contributed by atoms with van der Waals surface area (Å²) in [7, 11) is -3.91. The number of carbonyl (C=O) groups is 2. The molecule has 0 fully saturated rings. The van der Waals surface area contributed by atoms with Gasteiger partial charge in [-0.25, -0.2) is 13.1 Å². The molecule has 0 saturated heterocycles. The molecule has 24 heavy (non-hydrogen) atoms. The van der Waals surface area contributed by atoms with Gasteiger partial charge in [0.15, 0.2) is 0 Å². The van der Waals surface area contributed by atoms with Crippen LogP contribution in [0.4, 0.5) is 5.69 Å². The van der Waals surface area contributed by atoms with E-state index in [1.807, 2.05) is 0 Å². The van der Waals surface area contributed by atoms with Crippen molar-refractivity contribution in [3.05, 3.63) is 34.4 Å². The van der Waals surface area contributed by atoms with Gasteiger partial charge in [0.1, 0.15) is 6.54 Å². The summed E-state index contributed by atoms with van der Waals surface area (Å²) in [4.78, 5) is 33.2. The van der Waals surface area contributed by atoms with Crippen molar-refractivity contribution in [2.45, 2.75) is 18.2 Å². The van der Waals surface area contributed by atoms with Crippen LogP contribution >= 0.6 is 0 Å². The Bertz CT molecular complexity index is 716. The zero-order valence-electron chi connectivity index (χ0n) is 12.8. The monoisotopic (exact) mass is 359 g/mol. The van der Waals surface area contributed by atoms with E-state index < -0.39 is 33.4 Å². The van der Waals surface area contributed by atoms with Crippen molar-refractivity contribution < 1.29 is 28.0 Å². The highest BCUT2D eigenvalue weighted by atomic mass is 32.2. The average molecular weight is 359 g/mol. The lowest BCUT2D eigenvalue weighted by Crippen LogP contribution is -2.37. The van der Waals surface area contributed by atoms with Crippen molar-refractivity contribution in [3.63, 3.8) is 0 Å². The Kier molecular flexibility index (Phi) is 6.80. The summed E-state index contributed by atoms with van der Waals surface area (Å²) in [5.74, 6) is -1.65. The summed E-state index contributed by atoms with van der Waals surface area (Å²) < 4.78 is 26.2. The Balaban J connectivity index is 2.63. The van der Waals surface area contributed by atoms with Gasteiger partial charge >= 0.3 is 5.97 Å². The lowest BCUT2D eigenvalue weighted by Gasteiger charge is -2.18. The fraction of sp³-hybridized carbons (Fsp3) is 0.385. The van der Waals surface area contributed by atoms with E-state index in [-0.39, 0.29) is 30.1 Å². The van der Waals surface area contributed by atoms with E-state index in [1.54, 1.807) is 6.92 Å². The Morgan fingerprint density at radius 3 is 2.33 bits per heavy atom. The molecule has 0 saturated carbocycles. The van der Waals surface area contributed by atoms with E-state index in [4.69, 9.17) is 5.11 Å². The van der Waals surface area contributed by atoms with E-state index >= 15 is 0 Å². The first kappa shape index (κ1) is 19.5. The van der Waals surface area contributed by atoms with Crippen molar-refractivity contribution in [2.75, 3.05) is 19.6 Å². The zero-order chi connectivity index (χ0) is 18.3. The minimum atomic E-state index is -3.91. The van der Waals surface area contributed by atoms with Crippen LogP contribution in [0.3, 0.4) is 0 Å². The van der Waals surface area contributed by atoms with Gasteiger partial charge < -0.3 is 10.0 Å². The molecule has 0 aliphatic heterocycles. The molecule has 0 radical (unpaired) electrons. The Labute approximate surface area is 138 Å². The van der Waals surface area contributed by atoms with Gasteiger partial charge in [-0.1, -0.05) is 0 Å². The number of aliphatic carboxylic acids is 1.